The average molecular weight is 716 g/mol. The van der Waals surface area contributed by atoms with Gasteiger partial charge in [0.15, 0.2) is 11.7 Å². The largest absolute Gasteiger partial charge is 0.497 e. The highest BCUT2D eigenvalue weighted by Crippen LogP contribution is 2.33. The second-order valence-electron chi connectivity index (χ2n) is 12.6. The van der Waals surface area contributed by atoms with Crippen molar-refractivity contribution in [3.63, 3.8) is 0 Å². The van der Waals surface area contributed by atoms with E-state index in [0.29, 0.717) is 16.6 Å². The molecule has 0 bridgehead atoms. The Hall–Kier alpha value is -5.41. The SMILES string of the molecule is COC(=O)COc1ccc(C[C@H]2C(=O)N(Cc3cccc4sc(N)nc34)C[C@H]3N2C(=O)CN3N(C(=O)NCc2ccc(OC)cc2)C(C)C)cc1. The lowest BCUT2D eigenvalue weighted by atomic mass is 9.99. The number of nitrogen functional groups attached to an aromatic ring is 1. The van der Waals surface area contributed by atoms with E-state index in [4.69, 9.17) is 15.2 Å². The van der Waals surface area contributed by atoms with Gasteiger partial charge in [-0.3, -0.25) is 14.6 Å². The first-order valence-electron chi connectivity index (χ1n) is 16.5. The number of nitrogens with two attached hydrogens (primary N) is 1. The molecule has 15 heteroatoms. The molecule has 0 unspecified atom stereocenters. The molecule has 6 rings (SSSR count). The summed E-state index contributed by atoms with van der Waals surface area (Å²) in [6.45, 7) is 4.16. The number of carbonyl (C=O) groups is 4. The number of para-hydroxylation sites is 1. The maximum atomic E-state index is 14.4. The van der Waals surface area contributed by atoms with E-state index >= 15 is 0 Å². The number of thiazole rings is 1. The molecule has 51 heavy (non-hydrogen) atoms. The number of hydrogen-bond acceptors (Lipinski definition) is 11. The highest BCUT2D eigenvalue weighted by atomic mass is 32.1. The van der Waals surface area contributed by atoms with Crippen molar-refractivity contribution in [2.75, 3.05) is 39.6 Å². The molecule has 2 aliphatic heterocycles. The van der Waals surface area contributed by atoms with E-state index in [0.717, 1.165) is 26.9 Å². The number of amides is 4. The topological polar surface area (TPSA) is 160 Å². The molecule has 2 saturated heterocycles. The molecule has 14 nitrogen and oxygen atoms in total. The van der Waals surface area contributed by atoms with Crippen LogP contribution in [-0.4, -0.2) is 101 Å². The molecule has 2 atom stereocenters. The Morgan fingerprint density at radius 3 is 2.41 bits per heavy atom. The molecule has 3 aromatic carbocycles. The van der Waals surface area contributed by atoms with Crippen LogP contribution in [0.15, 0.2) is 66.7 Å². The fourth-order valence-corrected chi connectivity index (χ4v) is 7.30. The molecule has 4 amide bonds. The van der Waals surface area contributed by atoms with Gasteiger partial charge in [0, 0.05) is 25.6 Å². The van der Waals surface area contributed by atoms with Crippen molar-refractivity contribution >= 4 is 50.5 Å². The lowest BCUT2D eigenvalue weighted by molar-refractivity contribution is -0.158. The van der Waals surface area contributed by atoms with Gasteiger partial charge in [-0.25, -0.2) is 14.6 Å². The van der Waals surface area contributed by atoms with Crippen LogP contribution in [0.1, 0.15) is 30.5 Å². The number of hydrogen-bond donors (Lipinski definition) is 2. The van der Waals surface area contributed by atoms with E-state index in [1.165, 1.54) is 18.4 Å². The number of benzene rings is 3. The standard InChI is InChI=1S/C36H41N7O7S/c1-22(2)43(36(47)38-17-24-10-12-26(48-3)13-11-24)41-20-31(44)42-28(16-23-8-14-27(15-9-23)50-21-32(45)49-4)34(46)40(19-30(41)42)18-25-6-5-7-29-33(25)39-35(37)51-29/h5-15,22,28,30H,16-21H2,1-4H3,(H2,37,39)(H,38,47)/t28-,30+/m0/s1. The third kappa shape index (κ3) is 7.68. The number of fused-ring (bicyclic) bond motifs is 2. The lowest BCUT2D eigenvalue weighted by Crippen LogP contribution is -2.66. The van der Waals surface area contributed by atoms with Crippen LogP contribution in [0.4, 0.5) is 9.93 Å². The number of hydrazine groups is 1. The van der Waals surface area contributed by atoms with Crippen LogP contribution in [0.3, 0.4) is 0 Å². The van der Waals surface area contributed by atoms with Crippen LogP contribution in [0, 0.1) is 0 Å². The third-order valence-corrected chi connectivity index (χ3v) is 9.81. The van der Waals surface area contributed by atoms with Crippen molar-refractivity contribution in [1.82, 2.24) is 30.1 Å². The summed E-state index contributed by atoms with van der Waals surface area (Å²) in [5.41, 5.74) is 9.29. The maximum Gasteiger partial charge on any atom is 0.343 e. The number of carbonyl (C=O) groups excluding carboxylic acids is 4. The van der Waals surface area contributed by atoms with Crippen LogP contribution in [0.5, 0.6) is 11.5 Å². The number of anilines is 1. The molecule has 0 spiro atoms. The number of ether oxygens (including phenoxy) is 3. The molecule has 0 radical (unpaired) electrons. The van der Waals surface area contributed by atoms with Gasteiger partial charge in [0.2, 0.25) is 11.8 Å². The smallest absolute Gasteiger partial charge is 0.343 e. The molecule has 3 heterocycles. The molecular weight excluding hydrogens is 675 g/mol. The van der Waals surface area contributed by atoms with Crippen molar-refractivity contribution in [3.8, 4) is 11.5 Å². The normalized spacial score (nSPS) is 17.5. The summed E-state index contributed by atoms with van der Waals surface area (Å²) in [5, 5.41) is 6.78. The Labute approximate surface area is 299 Å². The molecule has 268 valence electrons. The van der Waals surface area contributed by atoms with Crippen molar-refractivity contribution in [2.45, 2.75) is 51.6 Å². The van der Waals surface area contributed by atoms with Crippen molar-refractivity contribution in [2.24, 2.45) is 0 Å². The van der Waals surface area contributed by atoms with Crippen LogP contribution in [-0.2, 0) is 38.6 Å². The fraction of sp³-hybridized carbons (Fsp3) is 0.361. The molecule has 2 aliphatic rings. The van der Waals surface area contributed by atoms with E-state index in [9.17, 15) is 19.2 Å². The molecule has 1 aromatic heterocycles. The summed E-state index contributed by atoms with van der Waals surface area (Å²) < 4.78 is 16.3. The summed E-state index contributed by atoms with van der Waals surface area (Å²) in [6.07, 6.45) is -0.390. The predicted molar refractivity (Wildman–Crippen MR) is 190 cm³/mol. The van der Waals surface area contributed by atoms with Crippen LogP contribution in [0.2, 0.25) is 0 Å². The highest BCUT2D eigenvalue weighted by molar-refractivity contribution is 7.22. The van der Waals surface area contributed by atoms with Gasteiger partial charge in [0.05, 0.1) is 37.5 Å². The zero-order valence-electron chi connectivity index (χ0n) is 28.9. The van der Waals surface area contributed by atoms with Gasteiger partial charge < -0.3 is 35.1 Å². The second-order valence-corrected chi connectivity index (χ2v) is 13.6. The highest BCUT2D eigenvalue weighted by Gasteiger charge is 2.52. The van der Waals surface area contributed by atoms with Gasteiger partial charge in [0.1, 0.15) is 23.7 Å². The first kappa shape index (κ1) is 35.4. The number of methoxy groups -OCH3 is 2. The second kappa shape index (κ2) is 15.2. The van der Waals surface area contributed by atoms with Crippen LogP contribution < -0.4 is 20.5 Å². The van der Waals surface area contributed by atoms with Gasteiger partial charge in [0.25, 0.3) is 0 Å². The number of aromatic nitrogens is 1. The summed E-state index contributed by atoms with van der Waals surface area (Å²) in [7, 11) is 2.88. The average Bonchev–Trinajstić information content (AvgIpc) is 3.67. The summed E-state index contributed by atoms with van der Waals surface area (Å²) in [6, 6.07) is 18.7. The Morgan fingerprint density at radius 2 is 1.73 bits per heavy atom. The van der Waals surface area contributed by atoms with E-state index in [-0.39, 0.29) is 63.1 Å². The molecule has 3 N–H and O–H groups in total. The van der Waals surface area contributed by atoms with E-state index in [1.807, 2.05) is 56.3 Å². The molecule has 4 aromatic rings. The third-order valence-electron chi connectivity index (χ3n) is 8.96. The Balaban J connectivity index is 1.28. The van der Waals surface area contributed by atoms with Crippen molar-refractivity contribution < 1.29 is 33.4 Å². The van der Waals surface area contributed by atoms with E-state index < -0.39 is 18.2 Å². The summed E-state index contributed by atoms with van der Waals surface area (Å²) >= 11 is 1.38. The molecule has 2 fully saturated rings. The minimum absolute atomic E-state index is 0.0745. The molecule has 0 saturated carbocycles. The summed E-state index contributed by atoms with van der Waals surface area (Å²) in [4.78, 5) is 61.5. The Kier molecular flexibility index (Phi) is 10.6. The van der Waals surface area contributed by atoms with Gasteiger partial charge in [-0.2, -0.15) is 5.01 Å². The number of nitrogens with one attached hydrogen (secondary N) is 1. The molecule has 0 aliphatic carbocycles. The summed E-state index contributed by atoms with van der Waals surface area (Å²) in [5.74, 6) is 0.210. The number of urea groups is 1. The van der Waals surface area contributed by atoms with Crippen molar-refractivity contribution in [3.05, 3.63) is 83.4 Å². The number of rotatable bonds is 12. The van der Waals surface area contributed by atoms with Crippen molar-refractivity contribution in [1.29, 1.82) is 0 Å². The predicted octanol–water partition coefficient (Wildman–Crippen LogP) is 3.40. The Bertz CT molecular complexity index is 1900. The van der Waals surface area contributed by atoms with Gasteiger partial charge in [-0.05, 0) is 60.9 Å². The van der Waals surface area contributed by atoms with Gasteiger partial charge in [-0.1, -0.05) is 47.7 Å². The Morgan fingerprint density at radius 1 is 1.02 bits per heavy atom. The van der Waals surface area contributed by atoms with E-state index in [1.54, 1.807) is 51.2 Å². The number of esters is 1. The zero-order chi connectivity index (χ0) is 36.2. The minimum atomic E-state index is -0.848. The number of piperazine rings is 1. The maximum absolute atomic E-state index is 14.4. The minimum Gasteiger partial charge on any atom is -0.497 e. The van der Waals surface area contributed by atoms with E-state index in [2.05, 4.69) is 15.0 Å². The quantitative estimate of drug-likeness (QED) is 0.208. The number of nitrogens with zero attached hydrogens (tertiary/aromatic N) is 5. The van der Waals surface area contributed by atoms with Gasteiger partial charge in [-0.15, -0.1) is 0 Å². The molecular formula is C36H41N7O7S. The first-order chi connectivity index (χ1) is 24.6. The zero-order valence-corrected chi connectivity index (χ0v) is 29.7. The van der Waals surface area contributed by atoms with Crippen LogP contribution in [0.25, 0.3) is 10.2 Å². The van der Waals surface area contributed by atoms with Gasteiger partial charge >= 0.3 is 12.0 Å². The lowest BCUT2D eigenvalue weighted by Gasteiger charge is -2.47. The van der Waals surface area contributed by atoms with Crippen LogP contribution >= 0.6 is 11.3 Å². The first-order valence-corrected chi connectivity index (χ1v) is 17.4. The fourth-order valence-electron chi connectivity index (χ4n) is 6.52. The monoisotopic (exact) mass is 715 g/mol.